The lowest BCUT2D eigenvalue weighted by Gasteiger charge is -2.38. The Kier molecular flexibility index (Phi) is 21.6. The van der Waals surface area contributed by atoms with Gasteiger partial charge in [-0.15, -0.1) is 11.3 Å². The Labute approximate surface area is 413 Å². The second kappa shape index (κ2) is 26.1. The number of carbonyl (C=O) groups is 9. The van der Waals surface area contributed by atoms with Crippen LogP contribution in [-0.4, -0.2) is 147 Å². The number of carboxylic acid groups (broad SMARTS) is 1. The topological polar surface area (TPSA) is 300 Å². The molecule has 2 aromatic rings. The molecule has 7 amide bonds. The number of phenolic OH excluding ortho intramolecular Hbond substituents is 1. The lowest BCUT2D eigenvalue weighted by atomic mass is 9.92. The van der Waals surface area contributed by atoms with Crippen LogP contribution in [0, 0.1) is 17.8 Å². The lowest BCUT2D eigenvalue weighted by Crippen LogP contribution is -2.60. The van der Waals surface area contributed by atoms with Crippen LogP contribution in [0.2, 0.25) is 0 Å². The number of likely N-dealkylation sites (N-methyl/N-ethyl adjacent to an activating group) is 2. The van der Waals surface area contributed by atoms with E-state index < -0.39 is 83.2 Å². The van der Waals surface area contributed by atoms with Gasteiger partial charge in [-0.05, 0) is 76.7 Å². The Morgan fingerprint density at radius 1 is 0.971 bits per heavy atom. The number of carboxylic acids is 1. The molecule has 1 aromatic carbocycles. The fourth-order valence-electron chi connectivity index (χ4n) is 7.54. The number of nitrogens with one attached hydrogen (secondary N) is 4. The predicted molar refractivity (Wildman–Crippen MR) is 261 cm³/mol. The third kappa shape index (κ3) is 15.9. The zero-order valence-electron chi connectivity index (χ0n) is 42.0. The molecule has 70 heavy (non-hydrogen) atoms. The van der Waals surface area contributed by atoms with Crippen molar-refractivity contribution in [3.8, 4) is 5.75 Å². The fraction of sp³-hybridized carbons (Fsp3) is 0.583. The molecule has 1 aromatic heterocycles. The van der Waals surface area contributed by atoms with Crippen molar-refractivity contribution >= 4 is 70.3 Å². The van der Waals surface area contributed by atoms with Gasteiger partial charge in [0.1, 0.15) is 28.5 Å². The number of nitrogens with two attached hydrogens (primary N) is 1. The molecule has 1 unspecified atom stereocenters. The highest BCUT2D eigenvalue weighted by molar-refractivity contribution is 7.09. The molecule has 7 atom stereocenters. The number of esters is 1. The van der Waals surface area contributed by atoms with Gasteiger partial charge in [0.2, 0.25) is 23.6 Å². The molecule has 0 saturated heterocycles. The normalized spacial score (nSPS) is 15.7. The predicted octanol–water partition coefficient (Wildman–Crippen LogP) is 2.74. The maximum absolute atomic E-state index is 14.3. The van der Waals surface area contributed by atoms with Crippen LogP contribution in [0.25, 0.3) is 0 Å². The molecule has 2 heterocycles. The van der Waals surface area contributed by atoms with E-state index in [0.29, 0.717) is 12.0 Å². The first-order valence-electron chi connectivity index (χ1n) is 23.3. The van der Waals surface area contributed by atoms with E-state index in [-0.39, 0.29) is 91.0 Å². The van der Waals surface area contributed by atoms with E-state index in [4.69, 9.17) is 10.5 Å². The number of thiazole rings is 1. The van der Waals surface area contributed by atoms with E-state index >= 15 is 0 Å². The van der Waals surface area contributed by atoms with Crippen molar-refractivity contribution in [3.05, 3.63) is 52.0 Å². The molecule has 0 radical (unpaired) electrons. The zero-order valence-corrected chi connectivity index (χ0v) is 42.8. The maximum Gasteiger partial charge on any atom is 0.306 e. The summed E-state index contributed by atoms with van der Waals surface area (Å²) in [6, 6.07) is 1.05. The van der Waals surface area contributed by atoms with Gasteiger partial charge in [-0.3, -0.25) is 53.0 Å². The van der Waals surface area contributed by atoms with E-state index in [1.807, 2.05) is 27.7 Å². The Balaban J connectivity index is 1.76. The summed E-state index contributed by atoms with van der Waals surface area (Å²) < 4.78 is 5.77. The number of hydrogen-bond acceptors (Lipinski definition) is 15. The lowest BCUT2D eigenvalue weighted by molar-refractivity contribution is -0.149. The number of phenols is 1. The molecule has 0 spiro atoms. The monoisotopic (exact) mass is 997 g/mol. The molecule has 0 bridgehead atoms. The van der Waals surface area contributed by atoms with Gasteiger partial charge in [-0.2, -0.15) is 0 Å². The van der Waals surface area contributed by atoms with E-state index in [9.17, 15) is 53.4 Å². The Morgan fingerprint density at radius 3 is 2.17 bits per heavy atom. The highest BCUT2D eigenvalue weighted by Crippen LogP contribution is 2.32. The Bertz CT molecular complexity index is 2240. The molecule has 8 N–H and O–H groups in total. The van der Waals surface area contributed by atoms with Crippen LogP contribution in [0.5, 0.6) is 5.75 Å². The summed E-state index contributed by atoms with van der Waals surface area (Å²) >= 11 is 1.07. The molecule has 0 saturated carbocycles. The minimum atomic E-state index is -1.22. The van der Waals surface area contributed by atoms with Crippen LogP contribution in [0.1, 0.15) is 115 Å². The first-order valence-corrected chi connectivity index (χ1v) is 24.2. The molecular formula is C48H71N9O12S. The number of aliphatic carboxylic acids is 1. The molecule has 1 aliphatic rings. The first kappa shape index (κ1) is 58.1. The zero-order chi connectivity index (χ0) is 52.8. The number of imide groups is 1. The highest BCUT2D eigenvalue weighted by atomic mass is 32.1. The molecule has 22 heteroatoms. The quantitative estimate of drug-likeness (QED) is 0.0293. The first-order chi connectivity index (χ1) is 32.7. The van der Waals surface area contributed by atoms with E-state index in [2.05, 4.69) is 26.3 Å². The van der Waals surface area contributed by atoms with Crippen LogP contribution in [0.4, 0.5) is 5.69 Å². The summed E-state index contributed by atoms with van der Waals surface area (Å²) in [5.74, 6) is -6.96. The van der Waals surface area contributed by atoms with Gasteiger partial charge in [-0.1, -0.05) is 47.1 Å². The summed E-state index contributed by atoms with van der Waals surface area (Å²) in [5, 5.41) is 33.2. The standard InChI is InChI=1S/C48H71N9O12S/c1-12-27(4)41(54-47(68)48(7,8)55(9)10)45(65)56(11)34(26(2)3)23-37(69-29(6)58)44-53-33(25-70-44)42(63)51-31(20-28(5)46(66)67)21-30-15-16-36(59)32(22-30)52-38(60)14-13-19-50-43(64)35(24-49)57-39(61)17-18-40(57)62/h15-18,22,25-28,31,34-35,37,41,59H,12-14,19-21,23-24,49H2,1-11H3,(H,50,64)(H,51,63)(H,52,60)(H,54,68)(H,66,67)/t27-,28?,31+,34+,35-,37+,41-/m0/s1. The van der Waals surface area contributed by atoms with Crippen LogP contribution in [0.3, 0.4) is 0 Å². The number of aromatic nitrogens is 1. The van der Waals surface area contributed by atoms with Gasteiger partial charge in [0.25, 0.3) is 17.7 Å². The minimum Gasteiger partial charge on any atom is -0.506 e. The van der Waals surface area contributed by atoms with E-state index in [1.54, 1.807) is 50.9 Å². The summed E-state index contributed by atoms with van der Waals surface area (Å²) in [4.78, 5) is 124. The van der Waals surface area contributed by atoms with Crippen molar-refractivity contribution in [2.75, 3.05) is 39.5 Å². The number of carbonyl (C=O) groups excluding carboxylic acids is 8. The van der Waals surface area contributed by atoms with Crippen molar-refractivity contribution in [2.24, 2.45) is 23.5 Å². The number of rotatable bonds is 27. The van der Waals surface area contributed by atoms with Crippen molar-refractivity contribution in [1.29, 1.82) is 0 Å². The van der Waals surface area contributed by atoms with Gasteiger partial charge in [0.15, 0.2) is 6.10 Å². The third-order valence-corrected chi connectivity index (χ3v) is 13.6. The summed E-state index contributed by atoms with van der Waals surface area (Å²) in [6.45, 7) is 13.7. The number of hydrogen-bond donors (Lipinski definition) is 7. The second-order valence-corrected chi connectivity index (χ2v) is 19.6. The molecule has 21 nitrogen and oxygen atoms in total. The number of nitrogens with zero attached hydrogens (tertiary/aromatic N) is 4. The Morgan fingerprint density at radius 2 is 1.61 bits per heavy atom. The van der Waals surface area contributed by atoms with Crippen molar-refractivity contribution in [3.63, 3.8) is 0 Å². The minimum absolute atomic E-state index is 0.00872. The van der Waals surface area contributed by atoms with Crippen LogP contribution in [0.15, 0.2) is 35.7 Å². The van der Waals surface area contributed by atoms with Crippen molar-refractivity contribution < 1.29 is 58.1 Å². The third-order valence-electron chi connectivity index (χ3n) is 12.6. The van der Waals surface area contributed by atoms with Crippen molar-refractivity contribution in [2.45, 2.75) is 130 Å². The maximum atomic E-state index is 14.3. The van der Waals surface area contributed by atoms with Crippen molar-refractivity contribution in [1.82, 2.24) is 35.6 Å². The average molecular weight is 998 g/mol. The molecule has 3 rings (SSSR count). The number of anilines is 1. The molecule has 1 aliphatic heterocycles. The van der Waals surface area contributed by atoms with E-state index in [0.717, 1.165) is 28.4 Å². The highest BCUT2D eigenvalue weighted by Gasteiger charge is 2.39. The van der Waals surface area contributed by atoms with Gasteiger partial charge in [0, 0.05) is 69.5 Å². The molecular weight excluding hydrogens is 927 g/mol. The number of benzene rings is 1. The second-order valence-electron chi connectivity index (χ2n) is 18.7. The SMILES string of the molecule is CC[C@H](C)[C@H](NC(=O)C(C)(C)N(C)C)C(=O)N(C)[C@H](C[C@@H](OC(C)=O)c1nc(C(=O)N[C@@H](Cc2ccc(O)c(NC(=O)CCCNC(=O)[C@H](CN)N3C(=O)C=CC3=O)c2)CC(C)C(=O)O)cs1)C(C)C. The van der Waals surface area contributed by atoms with Gasteiger partial charge < -0.3 is 46.9 Å². The van der Waals surface area contributed by atoms with Crippen LogP contribution < -0.4 is 27.0 Å². The molecule has 386 valence electrons. The van der Waals surface area contributed by atoms with E-state index in [1.165, 1.54) is 31.4 Å². The fourth-order valence-corrected chi connectivity index (χ4v) is 8.38. The van der Waals surface area contributed by atoms with Gasteiger partial charge >= 0.3 is 11.9 Å². The molecule has 0 aliphatic carbocycles. The van der Waals surface area contributed by atoms with Gasteiger partial charge in [0.05, 0.1) is 17.1 Å². The number of aromatic hydroxyl groups is 1. The smallest absolute Gasteiger partial charge is 0.306 e. The average Bonchev–Trinajstić information content (AvgIpc) is 3.92. The summed E-state index contributed by atoms with van der Waals surface area (Å²) in [6.07, 6.45) is 1.98. The van der Waals surface area contributed by atoms with Crippen LogP contribution >= 0.6 is 11.3 Å². The largest absolute Gasteiger partial charge is 0.506 e. The number of amides is 7. The molecule has 0 fully saturated rings. The van der Waals surface area contributed by atoms with Gasteiger partial charge in [-0.25, -0.2) is 4.98 Å². The number of ether oxygens (including phenoxy) is 1. The summed E-state index contributed by atoms with van der Waals surface area (Å²) in [7, 11) is 5.21. The van der Waals surface area contributed by atoms with Crippen LogP contribution in [-0.2, 0) is 49.5 Å². The Hall–Kier alpha value is -6.26. The summed E-state index contributed by atoms with van der Waals surface area (Å²) in [5.41, 5.74) is 5.31.